The molecule has 0 spiro atoms. The molecule has 1 aromatic heterocycles. The van der Waals surface area contributed by atoms with Crippen LogP contribution in [-0.2, 0) is 4.79 Å². The lowest BCUT2D eigenvalue weighted by atomic mass is 10.0. The van der Waals surface area contributed by atoms with E-state index in [1.54, 1.807) is 11.8 Å². The van der Waals surface area contributed by atoms with E-state index in [2.05, 4.69) is 15.2 Å². The topological polar surface area (TPSA) is 68.2 Å². The zero-order valence-corrected chi connectivity index (χ0v) is 16.9. The van der Waals surface area contributed by atoms with Crippen LogP contribution in [0.1, 0.15) is 29.8 Å². The summed E-state index contributed by atoms with van der Waals surface area (Å²) in [5, 5.41) is 9.05. The lowest BCUT2D eigenvalue weighted by Crippen LogP contribution is -2.36. The summed E-state index contributed by atoms with van der Waals surface area (Å²) in [6, 6.07) is 13.8. The number of carbonyl (C=O) groups excluding carboxylic acids is 1. The van der Waals surface area contributed by atoms with Crippen molar-refractivity contribution in [2.24, 2.45) is 0 Å². The molecule has 28 heavy (non-hydrogen) atoms. The van der Waals surface area contributed by atoms with Crippen LogP contribution in [-0.4, -0.2) is 27.3 Å². The highest BCUT2D eigenvalue weighted by Gasteiger charge is 2.35. The van der Waals surface area contributed by atoms with Crippen molar-refractivity contribution >= 4 is 23.4 Å². The number of para-hydroxylation sites is 1. The highest BCUT2D eigenvalue weighted by atomic mass is 32.2. The summed E-state index contributed by atoms with van der Waals surface area (Å²) in [5.74, 6) is 0.255. The molecule has 2 aromatic carbocycles. The average Bonchev–Trinajstić information content (AvgIpc) is 2.83. The van der Waals surface area contributed by atoms with Crippen LogP contribution in [0, 0.1) is 13.8 Å². The zero-order chi connectivity index (χ0) is 19.8. The van der Waals surface area contributed by atoms with Crippen LogP contribution >= 0.6 is 11.8 Å². The summed E-state index contributed by atoms with van der Waals surface area (Å²) < 4.78 is 6.36. The van der Waals surface area contributed by atoms with E-state index in [9.17, 15) is 4.79 Å². The molecule has 0 radical (unpaired) electrons. The second-order valence-corrected chi connectivity index (χ2v) is 7.46. The van der Waals surface area contributed by atoms with Gasteiger partial charge < -0.3 is 4.74 Å². The van der Waals surface area contributed by atoms with Gasteiger partial charge in [-0.3, -0.25) is 9.69 Å². The maximum atomic E-state index is 12.8. The molecule has 7 heteroatoms. The minimum Gasteiger partial charge on any atom is -0.447 e. The molecule has 2 heterocycles. The predicted molar refractivity (Wildman–Crippen MR) is 109 cm³/mol. The van der Waals surface area contributed by atoms with Gasteiger partial charge in [0.25, 0.3) is 0 Å². The van der Waals surface area contributed by atoms with Crippen LogP contribution in [0.3, 0.4) is 0 Å². The Labute approximate surface area is 168 Å². The molecule has 0 saturated carbocycles. The Hall–Kier alpha value is -2.93. The van der Waals surface area contributed by atoms with Crippen LogP contribution in [0.5, 0.6) is 5.88 Å². The SMILES string of the molecule is CSc1nnc2c(n1)O[C@H](c1cc(C)ccc1C)N(C(C)=O)c1ccccc1-2. The number of hydrogen-bond donors (Lipinski definition) is 0. The van der Waals surface area contributed by atoms with Gasteiger partial charge in [0.2, 0.25) is 23.2 Å². The van der Waals surface area contributed by atoms with E-state index in [0.717, 1.165) is 27.9 Å². The number of hydrogen-bond acceptors (Lipinski definition) is 6. The molecule has 0 fully saturated rings. The van der Waals surface area contributed by atoms with E-state index < -0.39 is 6.23 Å². The van der Waals surface area contributed by atoms with E-state index in [1.165, 1.54) is 11.8 Å². The minimum absolute atomic E-state index is 0.121. The number of amides is 1. The van der Waals surface area contributed by atoms with Gasteiger partial charge in [-0.05, 0) is 31.7 Å². The van der Waals surface area contributed by atoms with Crippen molar-refractivity contribution in [3.63, 3.8) is 0 Å². The summed E-state index contributed by atoms with van der Waals surface area (Å²) >= 11 is 1.39. The fraction of sp³-hybridized carbons (Fsp3) is 0.238. The van der Waals surface area contributed by atoms with Crippen molar-refractivity contribution in [1.29, 1.82) is 0 Å². The molecule has 4 rings (SSSR count). The maximum Gasteiger partial charge on any atom is 0.247 e. The Kier molecular flexibility index (Phi) is 4.77. The Morgan fingerprint density at radius 2 is 1.93 bits per heavy atom. The quantitative estimate of drug-likeness (QED) is 0.605. The summed E-state index contributed by atoms with van der Waals surface area (Å²) in [4.78, 5) is 19.0. The van der Waals surface area contributed by atoms with Crippen LogP contribution < -0.4 is 9.64 Å². The number of fused-ring (bicyclic) bond motifs is 3. The molecule has 142 valence electrons. The van der Waals surface area contributed by atoms with Gasteiger partial charge in [-0.15, -0.1) is 10.2 Å². The molecule has 1 aliphatic rings. The minimum atomic E-state index is -0.647. The van der Waals surface area contributed by atoms with Crippen LogP contribution in [0.15, 0.2) is 47.6 Å². The Morgan fingerprint density at radius 3 is 2.68 bits per heavy atom. The van der Waals surface area contributed by atoms with Crippen molar-refractivity contribution in [3.8, 4) is 17.1 Å². The van der Waals surface area contributed by atoms with Crippen molar-refractivity contribution < 1.29 is 9.53 Å². The van der Waals surface area contributed by atoms with Gasteiger partial charge in [0.05, 0.1) is 5.69 Å². The second kappa shape index (κ2) is 7.24. The molecule has 1 amide bonds. The van der Waals surface area contributed by atoms with Crippen molar-refractivity contribution in [3.05, 3.63) is 59.2 Å². The van der Waals surface area contributed by atoms with Gasteiger partial charge in [-0.1, -0.05) is 53.7 Å². The Morgan fingerprint density at radius 1 is 1.14 bits per heavy atom. The third-order valence-electron chi connectivity index (χ3n) is 4.73. The number of benzene rings is 2. The third kappa shape index (κ3) is 3.11. The van der Waals surface area contributed by atoms with Gasteiger partial charge in [-0.25, -0.2) is 0 Å². The molecule has 6 nitrogen and oxygen atoms in total. The van der Waals surface area contributed by atoms with Crippen LogP contribution in [0.4, 0.5) is 5.69 Å². The number of aryl methyl sites for hydroxylation is 2. The molecule has 0 N–H and O–H groups in total. The van der Waals surface area contributed by atoms with Crippen molar-refractivity contribution in [1.82, 2.24) is 15.2 Å². The molecule has 3 aromatic rings. The summed E-state index contributed by atoms with van der Waals surface area (Å²) in [5.41, 5.74) is 5.08. The Bertz CT molecular complexity index is 1070. The number of aromatic nitrogens is 3. The molecule has 0 aliphatic carbocycles. The number of anilines is 1. The van der Waals surface area contributed by atoms with E-state index in [1.807, 2.05) is 62.6 Å². The number of rotatable bonds is 2. The summed E-state index contributed by atoms with van der Waals surface area (Å²) in [6.07, 6.45) is 1.24. The zero-order valence-electron chi connectivity index (χ0n) is 16.1. The maximum absolute atomic E-state index is 12.8. The van der Waals surface area contributed by atoms with Crippen LogP contribution in [0.25, 0.3) is 11.3 Å². The molecular weight excluding hydrogens is 372 g/mol. The molecular formula is C21H20N4O2S. The first-order valence-electron chi connectivity index (χ1n) is 8.91. The first-order chi connectivity index (χ1) is 13.5. The van der Waals surface area contributed by atoms with Crippen LogP contribution in [0.2, 0.25) is 0 Å². The van der Waals surface area contributed by atoms with Gasteiger partial charge >= 0.3 is 0 Å². The number of ether oxygens (including phenoxy) is 1. The standard InChI is InChI=1S/C21H20N4O2S/c1-12-9-10-13(2)16(11-12)20-25(14(3)26)17-8-6-5-7-15(17)18-19(27-20)22-21(28-4)24-23-18/h5-11,20H,1-4H3/t20-/m1/s1. The van der Waals surface area contributed by atoms with E-state index >= 15 is 0 Å². The smallest absolute Gasteiger partial charge is 0.247 e. The fourth-order valence-corrected chi connectivity index (χ4v) is 3.66. The van der Waals surface area contributed by atoms with Gasteiger partial charge in [0.15, 0.2) is 5.69 Å². The lowest BCUT2D eigenvalue weighted by Gasteiger charge is -2.31. The molecule has 0 unspecified atom stereocenters. The van der Waals surface area contributed by atoms with Gasteiger partial charge in [0.1, 0.15) is 0 Å². The summed E-state index contributed by atoms with van der Waals surface area (Å²) in [6.45, 7) is 5.58. The first-order valence-corrected chi connectivity index (χ1v) is 10.1. The first kappa shape index (κ1) is 18.4. The number of carbonyl (C=O) groups is 1. The normalized spacial score (nSPS) is 15.3. The molecule has 1 aliphatic heterocycles. The highest BCUT2D eigenvalue weighted by Crippen LogP contribution is 2.43. The van der Waals surface area contributed by atoms with Gasteiger partial charge in [0, 0.05) is 18.1 Å². The van der Waals surface area contributed by atoms with E-state index in [-0.39, 0.29) is 5.91 Å². The van der Waals surface area contributed by atoms with Crippen molar-refractivity contribution in [2.75, 3.05) is 11.2 Å². The molecule has 1 atom stereocenters. The predicted octanol–water partition coefficient (Wildman–Crippen LogP) is 4.32. The lowest BCUT2D eigenvalue weighted by molar-refractivity contribution is -0.118. The summed E-state index contributed by atoms with van der Waals surface area (Å²) in [7, 11) is 0. The second-order valence-electron chi connectivity index (χ2n) is 6.69. The largest absolute Gasteiger partial charge is 0.447 e. The van der Waals surface area contributed by atoms with Gasteiger partial charge in [-0.2, -0.15) is 4.98 Å². The molecule has 0 saturated heterocycles. The highest BCUT2D eigenvalue weighted by molar-refractivity contribution is 7.98. The number of thioether (sulfide) groups is 1. The van der Waals surface area contributed by atoms with E-state index in [0.29, 0.717) is 16.7 Å². The van der Waals surface area contributed by atoms with E-state index in [4.69, 9.17) is 4.74 Å². The monoisotopic (exact) mass is 392 g/mol. The van der Waals surface area contributed by atoms with Crippen molar-refractivity contribution in [2.45, 2.75) is 32.2 Å². The average molecular weight is 392 g/mol. The third-order valence-corrected chi connectivity index (χ3v) is 5.27. The Balaban J connectivity index is 2.01. The molecule has 0 bridgehead atoms. The fourth-order valence-electron chi connectivity index (χ4n) is 3.37. The number of nitrogens with zero attached hydrogens (tertiary/aromatic N) is 4.